The number of ether oxygens (including phenoxy) is 3. The van der Waals surface area contributed by atoms with Gasteiger partial charge < -0.3 is 34.1 Å². The first-order chi connectivity index (χ1) is 18.8. The van der Waals surface area contributed by atoms with E-state index in [1.807, 2.05) is 0 Å². The second-order valence-corrected chi connectivity index (χ2v) is 9.12. The number of ketones is 1. The van der Waals surface area contributed by atoms with E-state index in [9.17, 15) is 14.4 Å². The van der Waals surface area contributed by atoms with E-state index < -0.39 is 17.8 Å². The minimum absolute atomic E-state index is 0.0663. The second-order valence-electron chi connectivity index (χ2n) is 9.12. The van der Waals surface area contributed by atoms with Gasteiger partial charge in [0.2, 0.25) is 0 Å². The number of hydrogen-bond acceptors (Lipinski definition) is 7. The minimum atomic E-state index is -1.03. The molecule has 2 amide bonds. The third-order valence-corrected chi connectivity index (χ3v) is 6.35. The van der Waals surface area contributed by atoms with Crippen molar-refractivity contribution >= 4 is 29.0 Å². The number of benzene rings is 1. The number of hydrogen-bond donors (Lipinski definition) is 2. The highest BCUT2D eigenvalue weighted by Gasteiger charge is 2.22. The zero-order chi connectivity index (χ0) is 27.5. The summed E-state index contributed by atoms with van der Waals surface area (Å²) in [7, 11) is 0. The van der Waals surface area contributed by atoms with E-state index in [4.69, 9.17) is 24.4 Å². The number of halogens is 1. The van der Waals surface area contributed by atoms with Gasteiger partial charge in [0.15, 0.2) is 17.9 Å². The molecule has 11 heteroatoms. The molecular formula is C28H26FN3O7. The smallest absolute Gasteiger partial charge is 0.409 e. The van der Waals surface area contributed by atoms with Gasteiger partial charge in [0, 0.05) is 36.9 Å². The summed E-state index contributed by atoms with van der Waals surface area (Å²) >= 11 is 0. The zero-order valence-corrected chi connectivity index (χ0v) is 21.1. The number of Topliss-reactive ketones (excluding diaryl/α,β-unsaturated/α-hetero) is 1. The molecule has 4 aromatic rings. The van der Waals surface area contributed by atoms with Crippen molar-refractivity contribution in [3.05, 3.63) is 77.8 Å². The van der Waals surface area contributed by atoms with Crippen LogP contribution < -0.4 is 15.8 Å². The number of nitrogens with one attached hydrogen (secondary N) is 1. The first-order valence-corrected chi connectivity index (χ1v) is 12.3. The van der Waals surface area contributed by atoms with Gasteiger partial charge in [-0.3, -0.25) is 9.59 Å². The maximum Gasteiger partial charge on any atom is 0.409 e. The summed E-state index contributed by atoms with van der Waals surface area (Å²) in [6.07, 6.45) is 5.66. The van der Waals surface area contributed by atoms with E-state index >= 15 is 4.39 Å². The lowest BCUT2D eigenvalue weighted by atomic mass is 10.0. The molecule has 202 valence electrons. The number of anilines is 1. The Morgan fingerprint density at radius 2 is 2.03 bits per heavy atom. The zero-order valence-electron chi connectivity index (χ0n) is 21.1. The lowest BCUT2D eigenvalue weighted by molar-refractivity contribution is -0.168. The molecule has 1 fully saturated rings. The van der Waals surface area contributed by atoms with Crippen molar-refractivity contribution in [2.24, 2.45) is 5.73 Å². The summed E-state index contributed by atoms with van der Waals surface area (Å²) in [5, 5.41) is 2.62. The number of carbonyl (C=O) groups is 3. The molecule has 5 rings (SSSR count). The average molecular weight is 536 g/mol. The van der Waals surface area contributed by atoms with Crippen LogP contribution in [0.3, 0.4) is 0 Å². The van der Waals surface area contributed by atoms with Crippen LogP contribution in [0.5, 0.6) is 5.75 Å². The first-order valence-electron chi connectivity index (χ1n) is 12.3. The molecule has 4 heterocycles. The van der Waals surface area contributed by atoms with E-state index in [-0.39, 0.29) is 52.5 Å². The maximum atomic E-state index is 15.7. The van der Waals surface area contributed by atoms with Crippen LogP contribution in [0.4, 0.5) is 14.9 Å². The number of primary amides is 1. The number of pyridine rings is 1. The fraction of sp³-hybridized carbons (Fsp3) is 0.250. The normalized spacial score (nSPS) is 15.3. The monoisotopic (exact) mass is 535 g/mol. The summed E-state index contributed by atoms with van der Waals surface area (Å²) in [4.78, 5) is 36.9. The van der Waals surface area contributed by atoms with Crippen LogP contribution in [0.2, 0.25) is 0 Å². The molecule has 1 unspecified atom stereocenters. The van der Waals surface area contributed by atoms with Gasteiger partial charge in [-0.15, -0.1) is 0 Å². The molecule has 1 saturated heterocycles. The van der Waals surface area contributed by atoms with Crippen LogP contribution in [-0.2, 0) is 16.1 Å². The summed E-state index contributed by atoms with van der Waals surface area (Å²) < 4.78 is 38.7. The third-order valence-electron chi connectivity index (χ3n) is 6.35. The van der Waals surface area contributed by atoms with E-state index in [0.717, 1.165) is 19.3 Å². The Bertz CT molecular complexity index is 1540. The maximum absolute atomic E-state index is 15.7. The number of nitrogens with zero attached hydrogens (tertiary/aromatic N) is 1. The largest absolute Gasteiger partial charge is 0.472 e. The van der Waals surface area contributed by atoms with Gasteiger partial charge >= 0.3 is 6.09 Å². The van der Waals surface area contributed by atoms with Crippen LogP contribution in [-0.4, -0.2) is 35.1 Å². The number of aromatic nitrogens is 1. The van der Waals surface area contributed by atoms with Gasteiger partial charge in [-0.2, -0.15) is 0 Å². The molecule has 0 bridgehead atoms. The standard InChI is InChI=1S/C28H26FN3O7/c1-16(33)23-13-21(24-12-19(39-28(30)35)5-7-32(23)24)27(34)31-22-11-17(14-38-25-4-2-3-8-37-25)10-20(26(22)29)18-6-9-36-15-18/h5-7,9-13,15,25H,2-4,8,14H2,1H3,(H2,30,35)(H,31,34). The molecule has 1 atom stereocenters. The number of amides is 2. The summed E-state index contributed by atoms with van der Waals surface area (Å²) in [6, 6.07) is 8.96. The molecule has 1 aliphatic rings. The molecule has 0 saturated carbocycles. The van der Waals surface area contributed by atoms with Crippen molar-refractivity contribution in [1.82, 2.24) is 4.40 Å². The number of rotatable bonds is 8. The van der Waals surface area contributed by atoms with E-state index in [2.05, 4.69) is 5.32 Å². The van der Waals surface area contributed by atoms with Crippen LogP contribution in [0, 0.1) is 5.82 Å². The Labute approximate surface area is 222 Å². The van der Waals surface area contributed by atoms with E-state index in [0.29, 0.717) is 17.7 Å². The van der Waals surface area contributed by atoms with Crippen molar-refractivity contribution in [3.8, 4) is 16.9 Å². The highest BCUT2D eigenvalue weighted by atomic mass is 19.1. The van der Waals surface area contributed by atoms with Gasteiger partial charge in [0.1, 0.15) is 5.75 Å². The number of fused-ring (bicyclic) bond motifs is 1. The number of furan rings is 1. The quantitative estimate of drug-likeness (QED) is 0.293. The van der Waals surface area contributed by atoms with Gasteiger partial charge in [-0.1, -0.05) is 0 Å². The van der Waals surface area contributed by atoms with Crippen molar-refractivity contribution in [1.29, 1.82) is 0 Å². The molecule has 10 nitrogen and oxygen atoms in total. The lowest BCUT2D eigenvalue weighted by Gasteiger charge is -2.23. The fourth-order valence-electron chi connectivity index (χ4n) is 4.52. The summed E-state index contributed by atoms with van der Waals surface area (Å²) in [6.45, 7) is 2.11. The van der Waals surface area contributed by atoms with Gasteiger partial charge in [-0.05, 0) is 55.2 Å². The SMILES string of the molecule is CC(=O)c1cc(C(=O)Nc2cc(COC3CCCCO3)cc(-c3ccoc3)c2F)c2cc(OC(N)=O)ccn12. The van der Waals surface area contributed by atoms with Crippen LogP contribution in [0.1, 0.15) is 52.6 Å². The van der Waals surface area contributed by atoms with Crippen molar-refractivity contribution in [2.45, 2.75) is 39.1 Å². The molecule has 1 aliphatic heterocycles. The van der Waals surface area contributed by atoms with Crippen molar-refractivity contribution in [3.63, 3.8) is 0 Å². The predicted molar refractivity (Wildman–Crippen MR) is 138 cm³/mol. The molecular weight excluding hydrogens is 509 g/mol. The number of carbonyl (C=O) groups excluding carboxylic acids is 3. The minimum Gasteiger partial charge on any atom is -0.472 e. The van der Waals surface area contributed by atoms with Gasteiger partial charge in [0.05, 0.1) is 41.6 Å². The molecule has 3 N–H and O–H groups in total. The Morgan fingerprint density at radius 1 is 1.18 bits per heavy atom. The molecule has 0 aliphatic carbocycles. The van der Waals surface area contributed by atoms with Crippen molar-refractivity contribution < 1.29 is 37.4 Å². The summed E-state index contributed by atoms with van der Waals surface area (Å²) in [5.74, 6) is -1.57. The topological polar surface area (TPSA) is 134 Å². The molecule has 3 aromatic heterocycles. The Hall–Kier alpha value is -4.48. The first kappa shape index (κ1) is 26.1. The fourth-order valence-corrected chi connectivity index (χ4v) is 4.52. The highest BCUT2D eigenvalue weighted by molar-refractivity contribution is 6.11. The van der Waals surface area contributed by atoms with Crippen LogP contribution in [0.25, 0.3) is 16.6 Å². The van der Waals surface area contributed by atoms with Gasteiger partial charge in [-0.25, -0.2) is 9.18 Å². The molecule has 0 spiro atoms. The van der Waals surface area contributed by atoms with Crippen molar-refractivity contribution in [2.75, 3.05) is 11.9 Å². The Morgan fingerprint density at radius 3 is 2.72 bits per heavy atom. The summed E-state index contributed by atoms with van der Waals surface area (Å²) in [5.41, 5.74) is 6.89. The Balaban J connectivity index is 1.50. The molecule has 0 radical (unpaired) electrons. The lowest BCUT2D eigenvalue weighted by Crippen LogP contribution is -2.22. The van der Waals surface area contributed by atoms with Gasteiger partial charge in [0.25, 0.3) is 5.91 Å². The second kappa shape index (κ2) is 11.1. The number of nitrogens with two attached hydrogens (primary N) is 1. The molecule has 1 aromatic carbocycles. The predicted octanol–water partition coefficient (Wildman–Crippen LogP) is 5.29. The Kier molecular flexibility index (Phi) is 7.44. The van der Waals surface area contributed by atoms with Crippen LogP contribution in [0.15, 0.2) is 59.5 Å². The average Bonchev–Trinajstić information content (AvgIpc) is 3.58. The third kappa shape index (κ3) is 5.69. The van der Waals surface area contributed by atoms with E-state index in [1.54, 1.807) is 12.1 Å². The van der Waals surface area contributed by atoms with E-state index in [1.165, 1.54) is 54.3 Å². The molecule has 39 heavy (non-hydrogen) atoms. The highest BCUT2D eigenvalue weighted by Crippen LogP contribution is 2.32. The van der Waals surface area contributed by atoms with Crippen LogP contribution >= 0.6 is 0 Å².